The van der Waals surface area contributed by atoms with Crippen LogP contribution in [0.3, 0.4) is 0 Å². The zero-order chi connectivity index (χ0) is 26.2. The fraction of sp³-hybridized carbons (Fsp3) is 0. The number of rotatable bonds is 2. The van der Waals surface area contributed by atoms with Crippen molar-refractivity contribution in [3.05, 3.63) is 133 Å². The van der Waals surface area contributed by atoms with E-state index in [1.807, 2.05) is 18.2 Å². The third-order valence-electron chi connectivity index (χ3n) is 8.27. The highest BCUT2D eigenvalue weighted by molar-refractivity contribution is 6.26. The highest BCUT2D eigenvalue weighted by Crippen LogP contribution is 2.48. The van der Waals surface area contributed by atoms with Crippen LogP contribution in [-0.4, -0.2) is 0 Å². The Balaban J connectivity index is 1.44. The maximum Gasteiger partial charge on any atom is 0.181 e. The van der Waals surface area contributed by atoms with Crippen LogP contribution in [0.4, 0.5) is 0 Å². The summed E-state index contributed by atoms with van der Waals surface area (Å²) in [5, 5.41) is 9.36. The fourth-order valence-corrected chi connectivity index (χ4v) is 6.58. The fourth-order valence-electron chi connectivity index (χ4n) is 6.58. The van der Waals surface area contributed by atoms with E-state index in [9.17, 15) is 0 Å². The molecule has 40 heavy (non-hydrogen) atoms. The maximum atomic E-state index is 6.67. The number of benzene rings is 7. The van der Waals surface area contributed by atoms with Crippen LogP contribution in [0.5, 0.6) is 0 Å². The molecule has 0 aliphatic carbocycles. The molecule has 0 unspecified atom stereocenters. The van der Waals surface area contributed by atoms with Crippen LogP contribution in [-0.2, 0) is 0 Å². The minimum atomic E-state index is 0.805. The molecule has 9 rings (SSSR count). The molecule has 0 bridgehead atoms. The van der Waals surface area contributed by atoms with Gasteiger partial charge in [0.2, 0.25) is 0 Å². The number of para-hydroxylation sites is 2. The van der Waals surface area contributed by atoms with E-state index in [0.717, 1.165) is 38.7 Å². The molecule has 7 aromatic carbocycles. The van der Waals surface area contributed by atoms with E-state index in [4.69, 9.17) is 8.83 Å². The Labute approximate surface area is 229 Å². The van der Waals surface area contributed by atoms with Gasteiger partial charge in [0.05, 0.1) is 10.8 Å². The molecule has 0 fully saturated rings. The van der Waals surface area contributed by atoms with Gasteiger partial charge < -0.3 is 8.83 Å². The second-order valence-corrected chi connectivity index (χ2v) is 10.4. The molecule has 2 heterocycles. The first-order valence-corrected chi connectivity index (χ1v) is 13.6. The summed E-state index contributed by atoms with van der Waals surface area (Å²) in [5.41, 5.74) is 8.08. The summed E-state index contributed by atoms with van der Waals surface area (Å²) in [4.78, 5) is 0. The number of hydrogen-bond acceptors (Lipinski definition) is 2. The van der Waals surface area contributed by atoms with E-state index in [-0.39, 0.29) is 0 Å². The summed E-state index contributed by atoms with van der Waals surface area (Å²) in [6.45, 7) is 0. The number of fused-ring (bicyclic) bond motifs is 8. The summed E-state index contributed by atoms with van der Waals surface area (Å²) >= 11 is 0. The van der Waals surface area contributed by atoms with E-state index in [2.05, 4.69) is 115 Å². The first-order valence-electron chi connectivity index (χ1n) is 13.6. The zero-order valence-corrected chi connectivity index (χ0v) is 21.5. The summed E-state index contributed by atoms with van der Waals surface area (Å²) in [7, 11) is 0. The molecule has 186 valence electrons. The van der Waals surface area contributed by atoms with Gasteiger partial charge >= 0.3 is 0 Å². The lowest BCUT2D eigenvalue weighted by molar-refractivity contribution is 0.653. The molecule has 0 aliphatic heterocycles. The molecule has 9 aromatic rings. The van der Waals surface area contributed by atoms with Crippen LogP contribution in [0.15, 0.2) is 142 Å². The number of furan rings is 2. The van der Waals surface area contributed by atoms with Gasteiger partial charge in [-0.25, -0.2) is 0 Å². The molecular formula is C38H22O2. The molecule has 0 radical (unpaired) electrons. The Hall–Kier alpha value is -5.34. The highest BCUT2D eigenvalue weighted by Gasteiger charge is 2.22. The quantitative estimate of drug-likeness (QED) is 0.216. The lowest BCUT2D eigenvalue weighted by atomic mass is 9.84. The Morgan fingerprint density at radius 1 is 0.300 bits per heavy atom. The summed E-state index contributed by atoms with van der Waals surface area (Å²) in [5.74, 6) is 0. The molecule has 0 saturated heterocycles. The second kappa shape index (κ2) is 8.08. The van der Waals surface area contributed by atoms with Gasteiger partial charge in [0, 0.05) is 11.1 Å². The Morgan fingerprint density at radius 3 is 1.50 bits per heavy atom. The van der Waals surface area contributed by atoms with E-state index in [0.29, 0.717) is 0 Å². The third-order valence-corrected chi connectivity index (χ3v) is 8.27. The smallest absolute Gasteiger partial charge is 0.181 e. The molecule has 2 heteroatoms. The van der Waals surface area contributed by atoms with Gasteiger partial charge in [-0.15, -0.1) is 0 Å². The van der Waals surface area contributed by atoms with Gasteiger partial charge in [-0.1, -0.05) is 115 Å². The van der Waals surface area contributed by atoms with Crippen molar-refractivity contribution in [3.8, 4) is 22.3 Å². The first-order chi connectivity index (χ1) is 19.9. The summed E-state index contributed by atoms with van der Waals surface area (Å²) in [6.07, 6.45) is 0. The van der Waals surface area contributed by atoms with E-state index in [1.54, 1.807) is 0 Å². The highest BCUT2D eigenvalue weighted by atomic mass is 16.4. The van der Waals surface area contributed by atoms with Gasteiger partial charge in [0.15, 0.2) is 11.2 Å². The van der Waals surface area contributed by atoms with Gasteiger partial charge in [-0.05, 0) is 61.6 Å². The van der Waals surface area contributed by atoms with Crippen molar-refractivity contribution in [1.82, 2.24) is 0 Å². The summed E-state index contributed by atoms with van der Waals surface area (Å²) < 4.78 is 13.0. The molecule has 0 atom stereocenters. The monoisotopic (exact) mass is 510 g/mol. The van der Waals surface area contributed by atoms with Gasteiger partial charge in [0.25, 0.3) is 0 Å². The van der Waals surface area contributed by atoms with Crippen LogP contribution in [0, 0.1) is 0 Å². The molecule has 2 aromatic heterocycles. The predicted molar refractivity (Wildman–Crippen MR) is 167 cm³/mol. The van der Waals surface area contributed by atoms with Crippen molar-refractivity contribution in [2.45, 2.75) is 0 Å². The van der Waals surface area contributed by atoms with Crippen molar-refractivity contribution in [3.63, 3.8) is 0 Å². The normalized spacial score (nSPS) is 12.0. The Bertz CT molecular complexity index is 2370. The maximum absolute atomic E-state index is 6.67. The standard InChI is InChI=1S/C38H22O2/c1-2-13-24-23(11-1)12-9-19-25(24)34-26-14-3-5-16-28(26)35(29-17-6-4-15-27(29)34)31-20-10-21-32-36(31)40-37-30-18-7-8-22-33(30)39-38(32)37/h1-22H. The van der Waals surface area contributed by atoms with E-state index < -0.39 is 0 Å². The van der Waals surface area contributed by atoms with Crippen molar-refractivity contribution in [1.29, 1.82) is 0 Å². The van der Waals surface area contributed by atoms with Gasteiger partial charge in [-0.3, -0.25) is 0 Å². The molecule has 0 saturated carbocycles. The predicted octanol–water partition coefficient (Wildman–Crippen LogP) is 11.1. The third kappa shape index (κ3) is 2.88. The van der Waals surface area contributed by atoms with Gasteiger partial charge in [-0.2, -0.15) is 0 Å². The largest absolute Gasteiger partial charge is 0.452 e. The minimum absolute atomic E-state index is 0.805. The van der Waals surface area contributed by atoms with Crippen molar-refractivity contribution >= 4 is 65.4 Å². The van der Waals surface area contributed by atoms with Crippen LogP contribution in [0.25, 0.3) is 87.7 Å². The van der Waals surface area contributed by atoms with Crippen LogP contribution in [0.2, 0.25) is 0 Å². The molecule has 0 spiro atoms. The molecule has 0 N–H and O–H groups in total. The minimum Gasteiger partial charge on any atom is -0.452 e. The molecular weight excluding hydrogens is 488 g/mol. The molecule has 0 amide bonds. The van der Waals surface area contributed by atoms with Crippen molar-refractivity contribution in [2.75, 3.05) is 0 Å². The lowest BCUT2D eigenvalue weighted by Gasteiger charge is -2.18. The average molecular weight is 511 g/mol. The average Bonchev–Trinajstić information content (AvgIpc) is 3.56. The zero-order valence-electron chi connectivity index (χ0n) is 21.5. The lowest BCUT2D eigenvalue weighted by Crippen LogP contribution is -1.91. The van der Waals surface area contributed by atoms with Crippen LogP contribution in [0.1, 0.15) is 0 Å². The number of hydrogen-bond donors (Lipinski definition) is 0. The van der Waals surface area contributed by atoms with Crippen LogP contribution < -0.4 is 0 Å². The topological polar surface area (TPSA) is 26.3 Å². The SMILES string of the molecule is c1ccc2c(-c3c4ccccc4c(-c4cccc5c4oc4c6ccccc6oc54)c4ccccc34)cccc2c1. The first kappa shape index (κ1) is 21.6. The van der Waals surface area contributed by atoms with Crippen molar-refractivity contribution in [2.24, 2.45) is 0 Å². The second-order valence-electron chi connectivity index (χ2n) is 10.4. The van der Waals surface area contributed by atoms with Crippen LogP contribution >= 0.6 is 0 Å². The Kier molecular flexibility index (Phi) is 4.36. The molecule has 2 nitrogen and oxygen atoms in total. The van der Waals surface area contributed by atoms with E-state index >= 15 is 0 Å². The van der Waals surface area contributed by atoms with Gasteiger partial charge in [0.1, 0.15) is 11.2 Å². The molecule has 0 aliphatic rings. The Morgan fingerprint density at radius 2 is 0.775 bits per heavy atom. The van der Waals surface area contributed by atoms with E-state index in [1.165, 1.54) is 49.0 Å². The summed E-state index contributed by atoms with van der Waals surface area (Å²) in [6, 6.07) is 47.3. The van der Waals surface area contributed by atoms with Crippen molar-refractivity contribution < 1.29 is 8.83 Å².